The molecule has 0 fully saturated rings. The van der Waals surface area contributed by atoms with Gasteiger partial charge in [0.2, 0.25) is 0 Å². The minimum atomic E-state index is 0.416. The maximum atomic E-state index is 6.01. The molecular weight excluding hydrogens is 266 g/mol. The van der Waals surface area contributed by atoms with E-state index < -0.39 is 0 Å². The van der Waals surface area contributed by atoms with Crippen LogP contribution in [0.3, 0.4) is 0 Å². The normalized spacial score (nSPS) is 12.4. The van der Waals surface area contributed by atoms with Crippen LogP contribution in [0.5, 0.6) is 0 Å². The predicted molar refractivity (Wildman–Crippen MR) is 87.8 cm³/mol. The minimum Gasteiger partial charge on any atom is -0.320 e. The highest BCUT2D eigenvalue weighted by molar-refractivity contribution is 6.30. The molecule has 0 spiro atoms. The number of hydrogen-bond donors (Lipinski definition) is 1. The van der Waals surface area contributed by atoms with Crippen LogP contribution in [0.2, 0.25) is 5.02 Å². The number of aryl methyl sites for hydroxylation is 2. The van der Waals surface area contributed by atoms with Crippen molar-refractivity contribution in [3.8, 4) is 0 Å². The van der Waals surface area contributed by atoms with Crippen LogP contribution in [0, 0.1) is 13.8 Å². The molecule has 2 heteroatoms. The molecule has 2 aromatic rings. The Balaban J connectivity index is 2.41. The van der Waals surface area contributed by atoms with Crippen LogP contribution in [0.1, 0.15) is 34.6 Å². The molecule has 2 rings (SSSR count). The van der Waals surface area contributed by atoms with Crippen LogP contribution in [0.4, 0.5) is 0 Å². The first-order valence-electron chi connectivity index (χ1n) is 7.09. The second-order valence-corrected chi connectivity index (χ2v) is 5.79. The molecule has 1 N–H and O–H groups in total. The zero-order valence-corrected chi connectivity index (χ0v) is 13.2. The Hall–Kier alpha value is -1.31. The highest BCUT2D eigenvalue weighted by Crippen LogP contribution is 2.31. The van der Waals surface area contributed by atoms with Crippen LogP contribution < -0.4 is 5.32 Å². The lowest BCUT2D eigenvalue weighted by Crippen LogP contribution is -2.14. The summed E-state index contributed by atoms with van der Waals surface area (Å²) in [4.78, 5) is 0. The molecule has 1 unspecified atom stereocenters. The average molecular weight is 288 g/mol. The van der Waals surface area contributed by atoms with E-state index in [0.717, 1.165) is 18.0 Å². The Kier molecular flexibility index (Phi) is 5.22. The van der Waals surface area contributed by atoms with Gasteiger partial charge < -0.3 is 5.32 Å². The standard InChI is InChI=1S/C18H22ClN/c1-13-4-5-14(2)18(12-13)17(10-11-20-3)15-6-8-16(19)9-7-15/h4-9,12,17,20H,10-11H2,1-3H3. The molecule has 0 aliphatic heterocycles. The van der Waals surface area contributed by atoms with Gasteiger partial charge in [-0.25, -0.2) is 0 Å². The monoisotopic (exact) mass is 287 g/mol. The first kappa shape index (κ1) is 15.1. The molecule has 0 amide bonds. The zero-order chi connectivity index (χ0) is 14.5. The lowest BCUT2D eigenvalue weighted by atomic mass is 9.85. The third-order valence-corrected chi connectivity index (χ3v) is 4.02. The maximum Gasteiger partial charge on any atom is 0.0406 e. The summed E-state index contributed by atoms with van der Waals surface area (Å²) >= 11 is 6.01. The van der Waals surface area contributed by atoms with Gasteiger partial charge >= 0.3 is 0 Å². The summed E-state index contributed by atoms with van der Waals surface area (Å²) in [7, 11) is 2.00. The molecule has 0 bridgehead atoms. The van der Waals surface area contributed by atoms with Crippen molar-refractivity contribution < 1.29 is 0 Å². The number of halogens is 1. The number of rotatable bonds is 5. The van der Waals surface area contributed by atoms with Crippen molar-refractivity contribution in [1.29, 1.82) is 0 Å². The van der Waals surface area contributed by atoms with E-state index in [1.807, 2.05) is 19.2 Å². The Labute approximate surface area is 127 Å². The lowest BCUT2D eigenvalue weighted by molar-refractivity contribution is 0.659. The van der Waals surface area contributed by atoms with Gasteiger partial charge in [-0.3, -0.25) is 0 Å². The van der Waals surface area contributed by atoms with Gasteiger partial charge in [0.05, 0.1) is 0 Å². The molecule has 0 aliphatic rings. The van der Waals surface area contributed by atoms with Gasteiger partial charge in [0.25, 0.3) is 0 Å². The van der Waals surface area contributed by atoms with E-state index in [2.05, 4.69) is 49.5 Å². The van der Waals surface area contributed by atoms with Crippen LogP contribution in [-0.4, -0.2) is 13.6 Å². The first-order valence-corrected chi connectivity index (χ1v) is 7.47. The fourth-order valence-electron chi connectivity index (χ4n) is 2.62. The van der Waals surface area contributed by atoms with Gasteiger partial charge in [0, 0.05) is 10.9 Å². The number of benzene rings is 2. The smallest absolute Gasteiger partial charge is 0.0406 e. The number of hydrogen-bond acceptors (Lipinski definition) is 1. The summed E-state index contributed by atoms with van der Waals surface area (Å²) in [6, 6.07) is 14.9. The Bertz CT molecular complexity index is 560. The van der Waals surface area contributed by atoms with Gasteiger partial charge in [-0.1, -0.05) is 47.5 Å². The third kappa shape index (κ3) is 3.62. The molecule has 1 atom stereocenters. The topological polar surface area (TPSA) is 12.0 Å². The predicted octanol–water partition coefficient (Wildman–Crippen LogP) is 4.70. The highest BCUT2D eigenvalue weighted by Gasteiger charge is 2.16. The quantitative estimate of drug-likeness (QED) is 0.840. The van der Waals surface area contributed by atoms with Crippen molar-refractivity contribution >= 4 is 11.6 Å². The molecule has 0 saturated carbocycles. The largest absolute Gasteiger partial charge is 0.320 e. The number of nitrogens with one attached hydrogen (secondary N) is 1. The van der Waals surface area contributed by atoms with Crippen molar-refractivity contribution in [1.82, 2.24) is 5.32 Å². The van der Waals surface area contributed by atoms with E-state index >= 15 is 0 Å². The summed E-state index contributed by atoms with van der Waals surface area (Å²) in [6.45, 7) is 5.34. The van der Waals surface area contributed by atoms with Crippen molar-refractivity contribution in [2.75, 3.05) is 13.6 Å². The maximum absolute atomic E-state index is 6.01. The summed E-state index contributed by atoms with van der Waals surface area (Å²) in [5.74, 6) is 0.416. The molecule has 20 heavy (non-hydrogen) atoms. The minimum absolute atomic E-state index is 0.416. The fraction of sp³-hybridized carbons (Fsp3) is 0.333. The molecule has 0 aromatic heterocycles. The summed E-state index contributed by atoms with van der Waals surface area (Å²) < 4.78 is 0. The van der Waals surface area contributed by atoms with Crippen LogP contribution >= 0.6 is 11.6 Å². The molecular formula is C18H22ClN. The van der Waals surface area contributed by atoms with Gasteiger partial charge in [-0.2, -0.15) is 0 Å². The van der Waals surface area contributed by atoms with E-state index in [-0.39, 0.29) is 0 Å². The van der Waals surface area contributed by atoms with Crippen LogP contribution in [-0.2, 0) is 0 Å². The van der Waals surface area contributed by atoms with Crippen molar-refractivity contribution in [3.63, 3.8) is 0 Å². The van der Waals surface area contributed by atoms with Gasteiger partial charge in [0.15, 0.2) is 0 Å². The zero-order valence-electron chi connectivity index (χ0n) is 12.4. The highest BCUT2D eigenvalue weighted by atomic mass is 35.5. The van der Waals surface area contributed by atoms with E-state index in [1.54, 1.807) is 0 Å². The Morgan fingerprint density at radius 1 is 1.05 bits per heavy atom. The third-order valence-electron chi connectivity index (χ3n) is 3.77. The summed E-state index contributed by atoms with van der Waals surface area (Å²) in [5.41, 5.74) is 5.42. The average Bonchev–Trinajstić information content (AvgIpc) is 2.44. The van der Waals surface area contributed by atoms with Gasteiger partial charge in [-0.15, -0.1) is 0 Å². The Morgan fingerprint density at radius 2 is 1.75 bits per heavy atom. The molecule has 1 nitrogen and oxygen atoms in total. The van der Waals surface area contributed by atoms with Gasteiger partial charge in [0.1, 0.15) is 0 Å². The molecule has 0 radical (unpaired) electrons. The van der Waals surface area contributed by atoms with E-state index in [4.69, 9.17) is 11.6 Å². The molecule has 2 aromatic carbocycles. The second-order valence-electron chi connectivity index (χ2n) is 5.36. The molecule has 106 valence electrons. The molecule has 0 heterocycles. The van der Waals surface area contributed by atoms with E-state index in [0.29, 0.717) is 5.92 Å². The lowest BCUT2D eigenvalue weighted by Gasteiger charge is -2.21. The van der Waals surface area contributed by atoms with Crippen LogP contribution in [0.15, 0.2) is 42.5 Å². The van der Waals surface area contributed by atoms with E-state index in [9.17, 15) is 0 Å². The first-order chi connectivity index (χ1) is 9.61. The van der Waals surface area contributed by atoms with Gasteiger partial charge in [-0.05, 0) is 62.7 Å². The molecule has 0 saturated heterocycles. The fourth-order valence-corrected chi connectivity index (χ4v) is 2.75. The van der Waals surface area contributed by atoms with E-state index in [1.165, 1.54) is 22.3 Å². The van der Waals surface area contributed by atoms with Crippen molar-refractivity contribution in [2.45, 2.75) is 26.2 Å². The van der Waals surface area contributed by atoms with Crippen molar-refractivity contribution in [2.24, 2.45) is 0 Å². The Morgan fingerprint density at radius 3 is 2.40 bits per heavy atom. The molecule has 0 aliphatic carbocycles. The summed E-state index contributed by atoms with van der Waals surface area (Å²) in [5, 5.41) is 4.05. The van der Waals surface area contributed by atoms with Crippen molar-refractivity contribution in [3.05, 3.63) is 69.7 Å². The second kappa shape index (κ2) is 6.92. The van der Waals surface area contributed by atoms with Crippen LogP contribution in [0.25, 0.3) is 0 Å². The summed E-state index contributed by atoms with van der Waals surface area (Å²) in [6.07, 6.45) is 1.09. The SMILES string of the molecule is CNCCC(c1ccc(Cl)cc1)c1cc(C)ccc1C.